The highest BCUT2D eigenvalue weighted by Gasteiger charge is 2.14. The number of terminal acetylenes is 1. The Hall–Kier alpha value is -3.11. The van der Waals surface area contributed by atoms with Gasteiger partial charge in [-0.1, -0.05) is 17.3 Å². The summed E-state index contributed by atoms with van der Waals surface area (Å²) in [5, 5.41) is 0. The first-order chi connectivity index (χ1) is 12.6. The fraction of sp³-hybridized carbons (Fsp3) is 0.158. The van der Waals surface area contributed by atoms with Gasteiger partial charge >= 0.3 is 0 Å². The predicted molar refractivity (Wildman–Crippen MR) is 98.0 cm³/mol. The molecule has 0 aliphatic rings. The molecule has 3 rings (SSSR count). The fourth-order valence-electron chi connectivity index (χ4n) is 2.50. The van der Waals surface area contributed by atoms with Crippen molar-refractivity contribution >= 4 is 27.5 Å². The largest absolute Gasteiger partial charge is 0.497 e. The van der Waals surface area contributed by atoms with E-state index in [1.54, 1.807) is 28.8 Å². The first-order valence-corrected chi connectivity index (χ1v) is 8.42. The zero-order valence-electron chi connectivity index (χ0n) is 14.2. The summed E-state index contributed by atoms with van der Waals surface area (Å²) >= 11 is 1.19. The lowest BCUT2D eigenvalue weighted by Gasteiger charge is -2.07. The Morgan fingerprint density at radius 3 is 2.77 bits per heavy atom. The molecule has 0 atom stereocenters. The van der Waals surface area contributed by atoms with Crippen LogP contribution in [-0.4, -0.2) is 24.7 Å². The fourth-order valence-corrected chi connectivity index (χ4v) is 3.56. The highest BCUT2D eigenvalue weighted by Crippen LogP contribution is 2.25. The van der Waals surface area contributed by atoms with E-state index in [0.717, 1.165) is 5.52 Å². The molecular weight excluding hydrogens is 355 g/mol. The van der Waals surface area contributed by atoms with Crippen LogP contribution in [0.15, 0.2) is 41.4 Å². The van der Waals surface area contributed by atoms with E-state index >= 15 is 0 Å². The number of nitrogens with zero attached hydrogens (tertiary/aromatic N) is 2. The van der Waals surface area contributed by atoms with Crippen LogP contribution in [0.4, 0.5) is 4.39 Å². The van der Waals surface area contributed by atoms with Gasteiger partial charge in [0.2, 0.25) is 0 Å². The third-order valence-corrected chi connectivity index (χ3v) is 4.77. The van der Waals surface area contributed by atoms with Crippen LogP contribution >= 0.6 is 11.3 Å². The summed E-state index contributed by atoms with van der Waals surface area (Å²) in [6.07, 6.45) is 5.43. The summed E-state index contributed by atoms with van der Waals surface area (Å²) in [4.78, 5) is 17.3. The molecule has 0 saturated heterocycles. The molecule has 1 heterocycles. The van der Waals surface area contributed by atoms with E-state index in [1.807, 2.05) is 0 Å². The van der Waals surface area contributed by atoms with Crippen LogP contribution < -0.4 is 14.3 Å². The minimum absolute atomic E-state index is 0.215. The van der Waals surface area contributed by atoms with Gasteiger partial charge in [0, 0.05) is 0 Å². The molecule has 26 heavy (non-hydrogen) atoms. The molecule has 0 unspecified atom stereocenters. The number of methoxy groups -OCH3 is 2. The molecule has 2 aromatic carbocycles. The maximum absolute atomic E-state index is 13.5. The number of hydrogen-bond donors (Lipinski definition) is 0. The maximum atomic E-state index is 13.5. The Balaban J connectivity index is 2.17. The van der Waals surface area contributed by atoms with Crippen LogP contribution in [0.1, 0.15) is 10.4 Å². The Morgan fingerprint density at radius 2 is 2.08 bits per heavy atom. The molecule has 0 spiro atoms. The number of thiazole rings is 1. The molecule has 0 fully saturated rings. The SMILES string of the molecule is C#CCn1c(=NC(=O)c2cc(OC)ccc2OC)sc2cc(F)ccc21. The molecule has 3 aromatic rings. The highest BCUT2D eigenvalue weighted by atomic mass is 32.1. The third kappa shape index (κ3) is 3.32. The van der Waals surface area contributed by atoms with Gasteiger partial charge in [0.25, 0.3) is 5.91 Å². The number of carbonyl (C=O) groups is 1. The van der Waals surface area contributed by atoms with Gasteiger partial charge in [-0.15, -0.1) is 6.42 Å². The number of hydrogen-bond acceptors (Lipinski definition) is 4. The predicted octanol–water partition coefficient (Wildman–Crippen LogP) is 3.23. The van der Waals surface area contributed by atoms with Gasteiger partial charge in [0.15, 0.2) is 4.80 Å². The molecule has 0 bridgehead atoms. The minimum Gasteiger partial charge on any atom is -0.497 e. The molecule has 1 aromatic heterocycles. The summed E-state index contributed by atoms with van der Waals surface area (Å²) in [5.74, 6) is 2.57. The lowest BCUT2D eigenvalue weighted by atomic mass is 10.2. The highest BCUT2D eigenvalue weighted by molar-refractivity contribution is 7.16. The van der Waals surface area contributed by atoms with Crippen molar-refractivity contribution < 1.29 is 18.7 Å². The van der Waals surface area contributed by atoms with E-state index in [0.29, 0.717) is 21.0 Å². The Labute approximate surface area is 153 Å². The molecule has 0 aliphatic heterocycles. The average molecular weight is 370 g/mol. The van der Waals surface area contributed by atoms with Crippen molar-refractivity contribution in [3.8, 4) is 23.8 Å². The van der Waals surface area contributed by atoms with Gasteiger partial charge in [-0.05, 0) is 36.4 Å². The van der Waals surface area contributed by atoms with Crippen LogP contribution in [0.5, 0.6) is 11.5 Å². The topological polar surface area (TPSA) is 52.8 Å². The molecular formula is C19H15FN2O3S. The molecule has 5 nitrogen and oxygen atoms in total. The van der Waals surface area contributed by atoms with E-state index in [9.17, 15) is 9.18 Å². The number of halogens is 1. The molecule has 0 N–H and O–H groups in total. The molecule has 0 saturated carbocycles. The maximum Gasteiger partial charge on any atom is 0.283 e. The van der Waals surface area contributed by atoms with Crippen LogP contribution in [0, 0.1) is 18.2 Å². The van der Waals surface area contributed by atoms with Crippen molar-refractivity contribution in [2.75, 3.05) is 14.2 Å². The standard InChI is InChI=1S/C19H15FN2O3S/c1-4-9-22-15-7-5-12(20)10-17(15)26-19(22)21-18(23)14-11-13(24-2)6-8-16(14)25-3/h1,5-8,10-11H,9H2,2-3H3. The average Bonchev–Trinajstić information content (AvgIpc) is 2.97. The van der Waals surface area contributed by atoms with Crippen LogP contribution in [-0.2, 0) is 6.54 Å². The van der Waals surface area contributed by atoms with Crippen molar-refractivity contribution in [2.24, 2.45) is 4.99 Å². The number of benzene rings is 2. The second kappa shape index (κ2) is 7.42. The zero-order chi connectivity index (χ0) is 18.7. The van der Waals surface area contributed by atoms with Gasteiger partial charge in [0.1, 0.15) is 17.3 Å². The molecule has 0 radical (unpaired) electrons. The molecule has 7 heteroatoms. The summed E-state index contributed by atoms with van der Waals surface area (Å²) in [6, 6.07) is 9.24. The first-order valence-electron chi connectivity index (χ1n) is 7.61. The lowest BCUT2D eigenvalue weighted by molar-refractivity contribution is 0.0994. The van der Waals surface area contributed by atoms with Gasteiger partial charge in [-0.25, -0.2) is 4.39 Å². The van der Waals surface area contributed by atoms with Gasteiger partial charge in [0.05, 0.1) is 36.5 Å². The van der Waals surface area contributed by atoms with E-state index in [1.165, 1.54) is 37.7 Å². The number of carbonyl (C=O) groups excluding carboxylic acids is 1. The van der Waals surface area contributed by atoms with E-state index in [-0.39, 0.29) is 17.9 Å². The first kappa shape index (κ1) is 17.7. The number of aromatic nitrogens is 1. The molecule has 0 aliphatic carbocycles. The quantitative estimate of drug-likeness (QED) is 0.663. The van der Waals surface area contributed by atoms with Crippen LogP contribution in [0.2, 0.25) is 0 Å². The summed E-state index contributed by atoms with van der Waals surface area (Å²) in [7, 11) is 2.98. The van der Waals surface area contributed by atoms with Gasteiger partial charge < -0.3 is 14.0 Å². The van der Waals surface area contributed by atoms with E-state index < -0.39 is 5.91 Å². The normalized spacial score (nSPS) is 11.4. The molecule has 132 valence electrons. The monoisotopic (exact) mass is 370 g/mol. The number of fused-ring (bicyclic) bond motifs is 1. The smallest absolute Gasteiger partial charge is 0.283 e. The molecule has 1 amide bonds. The number of rotatable bonds is 4. The Kier molecular flexibility index (Phi) is 5.05. The minimum atomic E-state index is -0.501. The second-order valence-corrected chi connectivity index (χ2v) is 6.28. The van der Waals surface area contributed by atoms with E-state index in [2.05, 4.69) is 10.9 Å². The number of ether oxygens (including phenoxy) is 2. The van der Waals surface area contributed by atoms with Gasteiger partial charge in [-0.3, -0.25) is 4.79 Å². The van der Waals surface area contributed by atoms with Crippen molar-refractivity contribution in [1.82, 2.24) is 4.57 Å². The van der Waals surface area contributed by atoms with Crippen molar-refractivity contribution in [2.45, 2.75) is 6.54 Å². The lowest BCUT2D eigenvalue weighted by Crippen LogP contribution is -2.16. The van der Waals surface area contributed by atoms with Gasteiger partial charge in [-0.2, -0.15) is 4.99 Å². The van der Waals surface area contributed by atoms with Crippen molar-refractivity contribution in [1.29, 1.82) is 0 Å². The zero-order valence-corrected chi connectivity index (χ0v) is 15.0. The Morgan fingerprint density at radius 1 is 1.27 bits per heavy atom. The summed E-state index contributed by atoms with van der Waals surface area (Å²) in [6.45, 7) is 0.215. The second-order valence-electron chi connectivity index (χ2n) is 5.27. The summed E-state index contributed by atoms with van der Waals surface area (Å²) in [5.41, 5.74) is 0.987. The Bertz CT molecular complexity index is 1090. The van der Waals surface area contributed by atoms with Crippen molar-refractivity contribution in [3.63, 3.8) is 0 Å². The summed E-state index contributed by atoms with van der Waals surface area (Å²) < 4.78 is 26.2. The van der Waals surface area contributed by atoms with E-state index in [4.69, 9.17) is 15.9 Å². The van der Waals surface area contributed by atoms with Crippen molar-refractivity contribution in [3.05, 3.63) is 52.6 Å². The van der Waals surface area contributed by atoms with Crippen LogP contribution in [0.25, 0.3) is 10.2 Å². The third-order valence-electron chi connectivity index (χ3n) is 3.73. The van der Waals surface area contributed by atoms with Crippen LogP contribution in [0.3, 0.4) is 0 Å². The number of amides is 1.